The van der Waals surface area contributed by atoms with Gasteiger partial charge in [0.05, 0.1) is 0 Å². The van der Waals surface area contributed by atoms with E-state index in [0.29, 0.717) is 4.47 Å². The molecule has 1 unspecified atom stereocenters. The fourth-order valence-corrected chi connectivity index (χ4v) is 4.29. The molecular weight excluding hydrogens is 316 g/mol. The van der Waals surface area contributed by atoms with Crippen molar-refractivity contribution in [3.8, 4) is 0 Å². The SMILES string of the molecule is CC1(C)CCCC1NS(=O)(=O)c1cncc(Br)c1. The van der Waals surface area contributed by atoms with Crippen molar-refractivity contribution in [3.63, 3.8) is 0 Å². The Balaban J connectivity index is 2.23. The van der Waals surface area contributed by atoms with Crippen molar-refractivity contribution in [2.24, 2.45) is 5.41 Å². The Hall–Kier alpha value is -0.460. The first-order chi connectivity index (χ1) is 8.31. The van der Waals surface area contributed by atoms with Gasteiger partial charge in [-0.25, -0.2) is 13.1 Å². The molecule has 0 bridgehead atoms. The Morgan fingerprint density at radius 3 is 2.72 bits per heavy atom. The van der Waals surface area contributed by atoms with Crippen molar-refractivity contribution in [3.05, 3.63) is 22.9 Å². The van der Waals surface area contributed by atoms with Crippen LogP contribution in [0.3, 0.4) is 0 Å². The predicted octanol–water partition coefficient (Wildman–Crippen LogP) is 2.70. The first-order valence-corrected chi connectivity index (χ1v) is 8.22. The maximum atomic E-state index is 12.3. The zero-order valence-corrected chi connectivity index (χ0v) is 12.9. The van der Waals surface area contributed by atoms with Crippen LogP contribution in [-0.4, -0.2) is 19.4 Å². The average molecular weight is 333 g/mol. The molecule has 1 aromatic rings. The average Bonchev–Trinajstić information content (AvgIpc) is 2.58. The van der Waals surface area contributed by atoms with E-state index >= 15 is 0 Å². The number of pyridine rings is 1. The van der Waals surface area contributed by atoms with Gasteiger partial charge in [-0.15, -0.1) is 0 Å². The Labute approximate surface area is 116 Å². The summed E-state index contributed by atoms with van der Waals surface area (Å²) in [5, 5.41) is 0. The monoisotopic (exact) mass is 332 g/mol. The number of halogens is 1. The van der Waals surface area contributed by atoms with Crippen LogP contribution in [0.25, 0.3) is 0 Å². The van der Waals surface area contributed by atoms with Gasteiger partial charge in [-0.05, 0) is 40.3 Å². The Morgan fingerprint density at radius 1 is 1.44 bits per heavy atom. The lowest BCUT2D eigenvalue weighted by Gasteiger charge is -2.27. The molecule has 4 nitrogen and oxygen atoms in total. The molecule has 1 heterocycles. The fraction of sp³-hybridized carbons (Fsp3) is 0.583. The zero-order valence-electron chi connectivity index (χ0n) is 10.5. The molecule has 0 aromatic carbocycles. The maximum Gasteiger partial charge on any atom is 0.242 e. The standard InChI is InChI=1S/C12H17BrN2O2S/c1-12(2)5-3-4-11(12)15-18(16,17)10-6-9(13)7-14-8-10/h6-8,11,15H,3-5H2,1-2H3. The molecule has 0 amide bonds. The van der Waals surface area contributed by atoms with Crippen molar-refractivity contribution in [2.75, 3.05) is 0 Å². The van der Waals surface area contributed by atoms with Crippen LogP contribution in [0.5, 0.6) is 0 Å². The molecule has 6 heteroatoms. The topological polar surface area (TPSA) is 59.1 Å². The third-order valence-corrected chi connectivity index (χ3v) is 5.42. The summed E-state index contributed by atoms with van der Waals surface area (Å²) >= 11 is 3.24. The van der Waals surface area contributed by atoms with Crippen LogP contribution in [0.4, 0.5) is 0 Å². The number of sulfonamides is 1. The Bertz CT molecular complexity index is 543. The molecule has 2 rings (SSSR count). The molecule has 1 fully saturated rings. The summed E-state index contributed by atoms with van der Waals surface area (Å²) < 4.78 is 28.0. The van der Waals surface area contributed by atoms with E-state index in [9.17, 15) is 8.42 Å². The molecule has 1 N–H and O–H groups in total. The van der Waals surface area contributed by atoms with E-state index < -0.39 is 10.0 Å². The second-order valence-electron chi connectivity index (χ2n) is 5.39. The summed E-state index contributed by atoms with van der Waals surface area (Å²) in [5.41, 5.74) is 0.0203. The summed E-state index contributed by atoms with van der Waals surface area (Å²) in [6.45, 7) is 4.21. The minimum Gasteiger partial charge on any atom is -0.262 e. The van der Waals surface area contributed by atoms with Crippen LogP contribution < -0.4 is 4.72 Å². The van der Waals surface area contributed by atoms with Gasteiger partial charge in [-0.2, -0.15) is 0 Å². The van der Waals surface area contributed by atoms with Crippen LogP contribution in [0.15, 0.2) is 27.8 Å². The van der Waals surface area contributed by atoms with E-state index in [4.69, 9.17) is 0 Å². The van der Waals surface area contributed by atoms with Crippen molar-refractivity contribution in [1.29, 1.82) is 0 Å². The van der Waals surface area contributed by atoms with Crippen LogP contribution in [0.2, 0.25) is 0 Å². The van der Waals surface area contributed by atoms with Gasteiger partial charge in [0, 0.05) is 22.9 Å². The molecule has 0 aliphatic heterocycles. The molecule has 0 saturated heterocycles. The highest BCUT2D eigenvalue weighted by molar-refractivity contribution is 9.10. The quantitative estimate of drug-likeness (QED) is 0.925. The molecule has 100 valence electrons. The van der Waals surface area contributed by atoms with Crippen LogP contribution in [-0.2, 0) is 10.0 Å². The van der Waals surface area contributed by atoms with Gasteiger partial charge in [-0.1, -0.05) is 20.3 Å². The minimum atomic E-state index is -3.48. The number of aromatic nitrogens is 1. The number of rotatable bonds is 3. The lowest BCUT2D eigenvalue weighted by molar-refractivity contribution is 0.313. The van der Waals surface area contributed by atoms with Gasteiger partial charge in [0.15, 0.2) is 0 Å². The lowest BCUT2D eigenvalue weighted by Crippen LogP contribution is -2.41. The fourth-order valence-electron chi connectivity index (χ4n) is 2.34. The molecule has 1 aliphatic carbocycles. The Kier molecular flexibility index (Phi) is 3.80. The van der Waals surface area contributed by atoms with Crippen LogP contribution in [0, 0.1) is 5.41 Å². The van der Waals surface area contributed by atoms with E-state index in [1.165, 1.54) is 6.20 Å². The molecule has 0 spiro atoms. The molecule has 18 heavy (non-hydrogen) atoms. The van der Waals surface area contributed by atoms with E-state index in [1.54, 1.807) is 12.3 Å². The van der Waals surface area contributed by atoms with Crippen molar-refractivity contribution in [1.82, 2.24) is 9.71 Å². The number of nitrogens with one attached hydrogen (secondary N) is 1. The number of hydrogen-bond donors (Lipinski definition) is 1. The van der Waals surface area contributed by atoms with E-state index in [1.807, 2.05) is 0 Å². The highest BCUT2D eigenvalue weighted by Crippen LogP contribution is 2.37. The largest absolute Gasteiger partial charge is 0.262 e. The second kappa shape index (κ2) is 4.90. The third kappa shape index (κ3) is 2.92. The van der Waals surface area contributed by atoms with Crippen molar-refractivity contribution in [2.45, 2.75) is 44.0 Å². The summed E-state index contributed by atoms with van der Waals surface area (Å²) in [6, 6.07) is 1.57. The molecule has 1 aliphatic rings. The third-order valence-electron chi connectivity index (χ3n) is 3.54. The van der Waals surface area contributed by atoms with Gasteiger partial charge < -0.3 is 0 Å². The van der Waals surface area contributed by atoms with E-state index in [-0.39, 0.29) is 16.4 Å². The summed E-state index contributed by atoms with van der Waals surface area (Å²) in [6.07, 6.45) is 5.95. The first kappa shape index (κ1) is 14.0. The normalized spacial score (nSPS) is 23.2. The minimum absolute atomic E-state index is 0.00137. The first-order valence-electron chi connectivity index (χ1n) is 5.94. The number of nitrogens with zero attached hydrogens (tertiary/aromatic N) is 1. The molecule has 0 radical (unpaired) electrons. The highest BCUT2D eigenvalue weighted by atomic mass is 79.9. The summed E-state index contributed by atoms with van der Waals surface area (Å²) in [7, 11) is -3.48. The van der Waals surface area contributed by atoms with Crippen LogP contribution in [0.1, 0.15) is 33.1 Å². The van der Waals surface area contributed by atoms with Crippen molar-refractivity contribution >= 4 is 26.0 Å². The smallest absolute Gasteiger partial charge is 0.242 e. The van der Waals surface area contributed by atoms with Gasteiger partial charge in [0.2, 0.25) is 10.0 Å². The van der Waals surface area contributed by atoms with E-state index in [0.717, 1.165) is 19.3 Å². The van der Waals surface area contributed by atoms with Crippen molar-refractivity contribution < 1.29 is 8.42 Å². The maximum absolute atomic E-state index is 12.3. The molecule has 1 aromatic heterocycles. The highest BCUT2D eigenvalue weighted by Gasteiger charge is 2.37. The predicted molar refractivity (Wildman–Crippen MR) is 73.7 cm³/mol. The van der Waals surface area contributed by atoms with Gasteiger partial charge >= 0.3 is 0 Å². The summed E-state index contributed by atoms with van der Waals surface area (Å²) in [4.78, 5) is 4.10. The molecule has 1 atom stereocenters. The zero-order chi connectivity index (χ0) is 13.4. The van der Waals surface area contributed by atoms with Gasteiger partial charge in [-0.3, -0.25) is 4.98 Å². The second-order valence-corrected chi connectivity index (χ2v) is 8.02. The summed E-state index contributed by atoms with van der Waals surface area (Å²) in [5.74, 6) is 0. The number of hydrogen-bond acceptors (Lipinski definition) is 3. The molecule has 1 saturated carbocycles. The molecular formula is C12H17BrN2O2S. The van der Waals surface area contributed by atoms with Gasteiger partial charge in [0.25, 0.3) is 0 Å². The van der Waals surface area contributed by atoms with E-state index in [2.05, 4.69) is 39.5 Å². The lowest BCUT2D eigenvalue weighted by atomic mass is 9.88. The Morgan fingerprint density at radius 2 is 2.17 bits per heavy atom. The van der Waals surface area contributed by atoms with Crippen LogP contribution >= 0.6 is 15.9 Å². The van der Waals surface area contributed by atoms with Gasteiger partial charge in [0.1, 0.15) is 4.90 Å².